The first kappa shape index (κ1) is 17.7. The Morgan fingerprint density at radius 2 is 1.33 bits per heavy atom. The molecule has 2 aromatic rings. The van der Waals surface area contributed by atoms with Crippen LogP contribution in [0.2, 0.25) is 0 Å². The van der Waals surface area contributed by atoms with Crippen LogP contribution in [0.25, 0.3) is 0 Å². The minimum absolute atomic E-state index is 0.248. The van der Waals surface area contributed by atoms with Crippen LogP contribution in [0.4, 0.5) is 0 Å². The topological polar surface area (TPSA) is 52.6 Å². The van der Waals surface area contributed by atoms with Gasteiger partial charge in [0, 0.05) is 0 Å². The molecule has 0 aliphatic heterocycles. The van der Waals surface area contributed by atoms with E-state index < -0.39 is 11.9 Å². The molecule has 4 nitrogen and oxygen atoms in total. The van der Waals surface area contributed by atoms with E-state index in [0.717, 1.165) is 19.3 Å². The van der Waals surface area contributed by atoms with Crippen LogP contribution < -0.4 is 0 Å². The summed E-state index contributed by atoms with van der Waals surface area (Å²) in [6.45, 7) is 2.56. The Balaban J connectivity index is 1.89. The normalized spacial score (nSPS) is 10.2. The zero-order valence-corrected chi connectivity index (χ0v) is 13.9. The molecule has 0 radical (unpaired) electrons. The van der Waals surface area contributed by atoms with Gasteiger partial charge in [0.15, 0.2) is 0 Å². The summed E-state index contributed by atoms with van der Waals surface area (Å²) < 4.78 is 10.4. The van der Waals surface area contributed by atoms with Gasteiger partial charge in [0.25, 0.3) is 0 Å². The van der Waals surface area contributed by atoms with E-state index in [1.807, 2.05) is 37.3 Å². The van der Waals surface area contributed by atoms with E-state index in [-0.39, 0.29) is 11.1 Å². The average Bonchev–Trinajstić information content (AvgIpc) is 2.64. The molecule has 24 heavy (non-hydrogen) atoms. The fraction of sp³-hybridized carbons (Fsp3) is 0.300. The molecule has 0 aliphatic carbocycles. The van der Waals surface area contributed by atoms with Gasteiger partial charge in [0.2, 0.25) is 0 Å². The van der Waals surface area contributed by atoms with Crippen molar-refractivity contribution < 1.29 is 19.1 Å². The van der Waals surface area contributed by atoms with Gasteiger partial charge in [0.1, 0.15) is 0 Å². The minimum Gasteiger partial charge on any atom is -0.462 e. The maximum absolute atomic E-state index is 12.2. The summed E-state index contributed by atoms with van der Waals surface area (Å²) in [6, 6.07) is 16.6. The molecule has 0 amide bonds. The second kappa shape index (κ2) is 9.50. The number of carbonyl (C=O) groups excluding carboxylic acids is 2. The second-order valence-corrected chi connectivity index (χ2v) is 5.41. The van der Waals surface area contributed by atoms with Gasteiger partial charge < -0.3 is 9.47 Å². The smallest absolute Gasteiger partial charge is 0.339 e. The SMILES string of the molecule is CCCOC(=O)c1ccccc1C(=O)OCCCc1ccccc1. The molecule has 0 aliphatic rings. The summed E-state index contributed by atoms with van der Waals surface area (Å²) in [4.78, 5) is 24.2. The van der Waals surface area contributed by atoms with Crippen LogP contribution in [0.15, 0.2) is 54.6 Å². The van der Waals surface area contributed by atoms with Crippen molar-refractivity contribution in [3.8, 4) is 0 Å². The first-order chi connectivity index (χ1) is 11.7. The Morgan fingerprint density at radius 3 is 1.92 bits per heavy atom. The van der Waals surface area contributed by atoms with Crippen LogP contribution in [-0.4, -0.2) is 25.2 Å². The summed E-state index contributed by atoms with van der Waals surface area (Å²) in [7, 11) is 0. The molecular weight excluding hydrogens is 304 g/mol. The Hall–Kier alpha value is -2.62. The lowest BCUT2D eigenvalue weighted by Crippen LogP contribution is -2.15. The molecule has 2 aromatic carbocycles. The van der Waals surface area contributed by atoms with Crippen LogP contribution in [0, 0.1) is 0 Å². The summed E-state index contributed by atoms with van der Waals surface area (Å²) in [5.74, 6) is -0.985. The van der Waals surface area contributed by atoms with Gasteiger partial charge in [-0.15, -0.1) is 0 Å². The van der Waals surface area contributed by atoms with Gasteiger partial charge >= 0.3 is 11.9 Å². The van der Waals surface area contributed by atoms with Crippen molar-refractivity contribution in [2.45, 2.75) is 26.2 Å². The second-order valence-electron chi connectivity index (χ2n) is 5.41. The molecule has 0 unspecified atom stereocenters. The summed E-state index contributed by atoms with van der Waals surface area (Å²) >= 11 is 0. The maximum Gasteiger partial charge on any atom is 0.339 e. The third-order valence-corrected chi connectivity index (χ3v) is 3.49. The Labute approximate surface area is 142 Å². The number of rotatable bonds is 8. The van der Waals surface area contributed by atoms with Crippen LogP contribution >= 0.6 is 0 Å². The van der Waals surface area contributed by atoms with E-state index in [9.17, 15) is 9.59 Å². The summed E-state index contributed by atoms with van der Waals surface area (Å²) in [5, 5.41) is 0. The predicted octanol–water partition coefficient (Wildman–Crippen LogP) is 4.04. The van der Waals surface area contributed by atoms with E-state index >= 15 is 0 Å². The number of hydrogen-bond acceptors (Lipinski definition) is 4. The number of esters is 2. The molecule has 0 fully saturated rings. The van der Waals surface area contributed by atoms with E-state index in [1.165, 1.54) is 5.56 Å². The molecule has 0 saturated heterocycles. The number of hydrogen-bond donors (Lipinski definition) is 0. The fourth-order valence-electron chi connectivity index (χ4n) is 2.28. The first-order valence-corrected chi connectivity index (χ1v) is 8.19. The minimum atomic E-state index is -0.493. The Bertz CT molecular complexity index is 664. The van der Waals surface area contributed by atoms with Crippen LogP contribution in [0.3, 0.4) is 0 Å². The van der Waals surface area contributed by atoms with Crippen molar-refractivity contribution in [3.05, 3.63) is 71.3 Å². The van der Waals surface area contributed by atoms with E-state index in [0.29, 0.717) is 13.2 Å². The number of ether oxygens (including phenoxy) is 2. The van der Waals surface area contributed by atoms with Crippen molar-refractivity contribution >= 4 is 11.9 Å². The maximum atomic E-state index is 12.2. The van der Waals surface area contributed by atoms with Crippen LogP contribution in [0.5, 0.6) is 0 Å². The van der Waals surface area contributed by atoms with Crippen LogP contribution in [-0.2, 0) is 15.9 Å². The Morgan fingerprint density at radius 1 is 0.792 bits per heavy atom. The largest absolute Gasteiger partial charge is 0.462 e. The molecule has 0 bridgehead atoms. The molecule has 4 heteroatoms. The highest BCUT2D eigenvalue weighted by Crippen LogP contribution is 2.13. The van der Waals surface area contributed by atoms with Gasteiger partial charge in [-0.25, -0.2) is 9.59 Å². The molecule has 126 valence electrons. The zero-order valence-electron chi connectivity index (χ0n) is 13.9. The van der Waals surface area contributed by atoms with Crippen molar-refractivity contribution in [3.63, 3.8) is 0 Å². The van der Waals surface area contributed by atoms with E-state index in [1.54, 1.807) is 24.3 Å². The average molecular weight is 326 g/mol. The molecule has 0 heterocycles. The van der Waals surface area contributed by atoms with Gasteiger partial charge in [0.05, 0.1) is 24.3 Å². The Kier molecular flexibility index (Phi) is 7.02. The highest BCUT2D eigenvalue weighted by atomic mass is 16.5. The third kappa shape index (κ3) is 5.23. The molecule has 0 atom stereocenters. The van der Waals surface area contributed by atoms with Crippen molar-refractivity contribution in [1.82, 2.24) is 0 Å². The lowest BCUT2D eigenvalue weighted by molar-refractivity contribution is 0.0455. The standard InChI is InChI=1S/C20H22O4/c1-2-14-23-19(21)17-12-6-7-13-18(17)20(22)24-15-8-11-16-9-4-3-5-10-16/h3-7,9-10,12-13H,2,8,11,14-15H2,1H3. The molecule has 0 aromatic heterocycles. The van der Waals surface area contributed by atoms with Crippen molar-refractivity contribution in [1.29, 1.82) is 0 Å². The molecule has 0 saturated carbocycles. The monoisotopic (exact) mass is 326 g/mol. The zero-order chi connectivity index (χ0) is 17.2. The van der Waals surface area contributed by atoms with Gasteiger partial charge in [-0.05, 0) is 37.0 Å². The molecule has 0 spiro atoms. The third-order valence-electron chi connectivity index (χ3n) is 3.49. The lowest BCUT2D eigenvalue weighted by Gasteiger charge is -2.09. The number of benzene rings is 2. The number of aryl methyl sites for hydroxylation is 1. The summed E-state index contributed by atoms with van der Waals surface area (Å²) in [5.41, 5.74) is 1.70. The quantitative estimate of drug-likeness (QED) is 0.542. The van der Waals surface area contributed by atoms with Crippen molar-refractivity contribution in [2.75, 3.05) is 13.2 Å². The fourth-order valence-corrected chi connectivity index (χ4v) is 2.28. The molecular formula is C20H22O4. The molecule has 2 rings (SSSR count). The van der Waals surface area contributed by atoms with E-state index in [4.69, 9.17) is 9.47 Å². The van der Waals surface area contributed by atoms with E-state index in [2.05, 4.69) is 0 Å². The van der Waals surface area contributed by atoms with Gasteiger partial charge in [-0.3, -0.25) is 0 Å². The molecule has 0 N–H and O–H groups in total. The number of carbonyl (C=O) groups is 2. The summed E-state index contributed by atoms with van der Waals surface area (Å²) in [6.07, 6.45) is 2.31. The van der Waals surface area contributed by atoms with Gasteiger partial charge in [-0.2, -0.15) is 0 Å². The predicted molar refractivity (Wildman–Crippen MR) is 92.1 cm³/mol. The van der Waals surface area contributed by atoms with Crippen LogP contribution in [0.1, 0.15) is 46.0 Å². The van der Waals surface area contributed by atoms with Gasteiger partial charge in [-0.1, -0.05) is 49.4 Å². The highest BCUT2D eigenvalue weighted by molar-refractivity contribution is 6.03. The van der Waals surface area contributed by atoms with Crippen molar-refractivity contribution in [2.24, 2.45) is 0 Å². The first-order valence-electron chi connectivity index (χ1n) is 8.19. The highest BCUT2D eigenvalue weighted by Gasteiger charge is 2.18. The lowest BCUT2D eigenvalue weighted by atomic mass is 10.1.